The van der Waals surface area contributed by atoms with Crippen LogP contribution in [0.3, 0.4) is 0 Å². The molecule has 3 rings (SSSR count). The van der Waals surface area contributed by atoms with Crippen molar-refractivity contribution in [3.63, 3.8) is 0 Å². The Bertz CT molecular complexity index is 934. The molecule has 0 aliphatic carbocycles. The zero-order valence-corrected chi connectivity index (χ0v) is 13.7. The van der Waals surface area contributed by atoms with Crippen molar-refractivity contribution in [1.29, 1.82) is 0 Å². The first-order valence-corrected chi connectivity index (χ1v) is 7.69. The van der Waals surface area contributed by atoms with Gasteiger partial charge in [-0.3, -0.25) is 14.6 Å². The van der Waals surface area contributed by atoms with Crippen molar-refractivity contribution in [2.45, 2.75) is 26.3 Å². The third kappa shape index (κ3) is 3.60. The van der Waals surface area contributed by atoms with E-state index < -0.39 is 17.5 Å². The molecule has 3 aromatic heterocycles. The second kappa shape index (κ2) is 7.04. The Hall–Kier alpha value is -3.36. The molecule has 2 N–H and O–H groups in total. The minimum Gasteiger partial charge on any atom is -0.340 e. The number of H-pyrrole nitrogens is 1. The zero-order valence-electron chi connectivity index (χ0n) is 13.7. The highest BCUT2D eigenvalue weighted by Crippen LogP contribution is 2.15. The number of amides is 1. The standard InChI is InChI=1S/C16H16N6O3/c1-3-12(16-19-9(2)22-25-16)20-14(23)11-8-18-13(21-15(11)24)10-5-4-6-17-7-10/h4-8,12H,3H2,1-2H3,(H,20,23)(H,18,21,24). The van der Waals surface area contributed by atoms with Crippen LogP contribution < -0.4 is 10.9 Å². The Kier molecular flexibility index (Phi) is 4.64. The first kappa shape index (κ1) is 16.5. The van der Waals surface area contributed by atoms with Gasteiger partial charge in [0, 0.05) is 24.2 Å². The van der Waals surface area contributed by atoms with Gasteiger partial charge in [0.25, 0.3) is 11.5 Å². The zero-order chi connectivity index (χ0) is 17.8. The van der Waals surface area contributed by atoms with Crippen LogP contribution >= 0.6 is 0 Å². The topological polar surface area (TPSA) is 127 Å². The van der Waals surface area contributed by atoms with Crippen LogP contribution in [0.2, 0.25) is 0 Å². The maximum atomic E-state index is 12.4. The molecule has 128 valence electrons. The second-order valence-corrected chi connectivity index (χ2v) is 5.33. The van der Waals surface area contributed by atoms with Gasteiger partial charge in [0.15, 0.2) is 5.82 Å². The molecule has 3 heterocycles. The van der Waals surface area contributed by atoms with Crippen LogP contribution in [0.25, 0.3) is 11.4 Å². The molecule has 1 unspecified atom stereocenters. The molecular weight excluding hydrogens is 324 g/mol. The van der Waals surface area contributed by atoms with Gasteiger partial charge in [-0.2, -0.15) is 4.98 Å². The van der Waals surface area contributed by atoms with Crippen LogP contribution in [0, 0.1) is 6.92 Å². The third-order valence-electron chi connectivity index (χ3n) is 3.53. The number of aromatic nitrogens is 5. The van der Waals surface area contributed by atoms with Gasteiger partial charge in [0.2, 0.25) is 5.89 Å². The van der Waals surface area contributed by atoms with E-state index in [9.17, 15) is 9.59 Å². The molecule has 9 heteroatoms. The minimum absolute atomic E-state index is 0.0951. The van der Waals surface area contributed by atoms with Gasteiger partial charge < -0.3 is 14.8 Å². The van der Waals surface area contributed by atoms with Gasteiger partial charge in [-0.1, -0.05) is 12.1 Å². The molecule has 0 saturated carbocycles. The molecule has 0 spiro atoms. The lowest BCUT2D eigenvalue weighted by Crippen LogP contribution is -2.33. The summed E-state index contributed by atoms with van der Waals surface area (Å²) in [5.41, 5.74) is 0.0181. The lowest BCUT2D eigenvalue weighted by atomic mass is 10.2. The maximum absolute atomic E-state index is 12.4. The van der Waals surface area contributed by atoms with E-state index in [4.69, 9.17) is 4.52 Å². The van der Waals surface area contributed by atoms with Crippen molar-refractivity contribution in [3.8, 4) is 11.4 Å². The van der Waals surface area contributed by atoms with Crippen LogP contribution in [0.1, 0.15) is 41.5 Å². The van der Waals surface area contributed by atoms with Crippen LogP contribution in [-0.2, 0) is 0 Å². The summed E-state index contributed by atoms with van der Waals surface area (Å²) in [5.74, 6) is 0.552. The summed E-state index contributed by atoms with van der Waals surface area (Å²) >= 11 is 0. The molecular formula is C16H16N6O3. The van der Waals surface area contributed by atoms with E-state index in [1.54, 1.807) is 31.5 Å². The van der Waals surface area contributed by atoms with E-state index in [0.29, 0.717) is 29.5 Å². The van der Waals surface area contributed by atoms with E-state index in [2.05, 4.69) is 30.4 Å². The van der Waals surface area contributed by atoms with Gasteiger partial charge in [-0.15, -0.1) is 0 Å². The van der Waals surface area contributed by atoms with Crippen molar-refractivity contribution >= 4 is 5.91 Å². The second-order valence-electron chi connectivity index (χ2n) is 5.33. The van der Waals surface area contributed by atoms with E-state index in [1.807, 2.05) is 6.92 Å². The number of pyridine rings is 1. The first-order valence-electron chi connectivity index (χ1n) is 7.69. The predicted molar refractivity (Wildman–Crippen MR) is 87.6 cm³/mol. The molecule has 0 aromatic carbocycles. The average molecular weight is 340 g/mol. The first-order chi connectivity index (χ1) is 12.1. The summed E-state index contributed by atoms with van der Waals surface area (Å²) < 4.78 is 5.08. The van der Waals surface area contributed by atoms with Crippen molar-refractivity contribution < 1.29 is 9.32 Å². The third-order valence-corrected chi connectivity index (χ3v) is 3.53. The Balaban J connectivity index is 1.81. The number of carbonyl (C=O) groups excluding carboxylic acids is 1. The normalized spacial score (nSPS) is 11.9. The van der Waals surface area contributed by atoms with Gasteiger partial charge in [0.1, 0.15) is 17.4 Å². The summed E-state index contributed by atoms with van der Waals surface area (Å²) in [5, 5.41) is 6.41. The summed E-state index contributed by atoms with van der Waals surface area (Å²) in [4.78, 5) is 39.4. The largest absolute Gasteiger partial charge is 0.340 e. The predicted octanol–water partition coefficient (Wildman–Crippen LogP) is 1.40. The average Bonchev–Trinajstić information content (AvgIpc) is 3.06. The number of nitrogens with one attached hydrogen (secondary N) is 2. The number of hydrogen-bond acceptors (Lipinski definition) is 7. The van der Waals surface area contributed by atoms with E-state index >= 15 is 0 Å². The Morgan fingerprint density at radius 2 is 2.24 bits per heavy atom. The molecule has 25 heavy (non-hydrogen) atoms. The molecule has 9 nitrogen and oxygen atoms in total. The summed E-state index contributed by atoms with van der Waals surface area (Å²) in [6, 6.07) is 3.01. The number of aryl methyl sites for hydroxylation is 1. The summed E-state index contributed by atoms with van der Waals surface area (Å²) in [7, 11) is 0. The molecule has 0 fully saturated rings. The number of hydrogen-bond donors (Lipinski definition) is 2. The molecule has 0 bridgehead atoms. The summed E-state index contributed by atoms with van der Waals surface area (Å²) in [6.07, 6.45) is 4.96. The van der Waals surface area contributed by atoms with Gasteiger partial charge in [0.05, 0.1) is 0 Å². The molecule has 3 aromatic rings. The fourth-order valence-electron chi connectivity index (χ4n) is 2.24. The van der Waals surface area contributed by atoms with Crippen LogP contribution in [0.4, 0.5) is 0 Å². The van der Waals surface area contributed by atoms with Gasteiger partial charge >= 0.3 is 0 Å². The smallest absolute Gasteiger partial charge is 0.264 e. The number of nitrogens with zero attached hydrogens (tertiary/aromatic N) is 4. The van der Waals surface area contributed by atoms with Crippen molar-refractivity contribution in [2.24, 2.45) is 0 Å². The molecule has 0 radical (unpaired) electrons. The van der Waals surface area contributed by atoms with E-state index in [0.717, 1.165) is 0 Å². The van der Waals surface area contributed by atoms with Crippen LogP contribution in [0.15, 0.2) is 40.0 Å². The van der Waals surface area contributed by atoms with Gasteiger partial charge in [-0.05, 0) is 25.5 Å². The monoisotopic (exact) mass is 340 g/mol. The van der Waals surface area contributed by atoms with Crippen LogP contribution in [-0.4, -0.2) is 31.0 Å². The summed E-state index contributed by atoms with van der Waals surface area (Å²) in [6.45, 7) is 3.55. The number of carbonyl (C=O) groups is 1. The van der Waals surface area contributed by atoms with Gasteiger partial charge in [-0.25, -0.2) is 4.98 Å². The lowest BCUT2D eigenvalue weighted by molar-refractivity contribution is 0.0925. The molecule has 1 atom stereocenters. The maximum Gasteiger partial charge on any atom is 0.264 e. The lowest BCUT2D eigenvalue weighted by Gasteiger charge is -2.12. The van der Waals surface area contributed by atoms with Crippen molar-refractivity contribution in [1.82, 2.24) is 30.4 Å². The number of aromatic amines is 1. The number of rotatable bonds is 5. The van der Waals surface area contributed by atoms with Crippen LogP contribution in [0.5, 0.6) is 0 Å². The van der Waals surface area contributed by atoms with Crippen molar-refractivity contribution in [3.05, 3.63) is 58.4 Å². The highest BCUT2D eigenvalue weighted by molar-refractivity contribution is 5.93. The van der Waals surface area contributed by atoms with Crippen molar-refractivity contribution in [2.75, 3.05) is 0 Å². The Labute approximate surface area is 142 Å². The molecule has 0 aliphatic heterocycles. The van der Waals surface area contributed by atoms with E-state index in [1.165, 1.54) is 6.20 Å². The Morgan fingerprint density at radius 1 is 1.40 bits per heavy atom. The highest BCUT2D eigenvalue weighted by Gasteiger charge is 2.21. The minimum atomic E-state index is -0.561. The molecule has 1 amide bonds. The van der Waals surface area contributed by atoms with E-state index in [-0.39, 0.29) is 5.56 Å². The molecule has 0 saturated heterocycles. The fraction of sp³-hybridized carbons (Fsp3) is 0.250. The highest BCUT2D eigenvalue weighted by atomic mass is 16.5. The fourth-order valence-corrected chi connectivity index (χ4v) is 2.24. The SMILES string of the molecule is CCC(NC(=O)c1cnc(-c2cccnc2)[nH]c1=O)c1nc(C)no1. The Morgan fingerprint density at radius 3 is 2.84 bits per heavy atom. The molecule has 0 aliphatic rings. The quantitative estimate of drug-likeness (QED) is 0.718.